The second-order valence-electron chi connectivity index (χ2n) is 3.71. The molecule has 2 aromatic carbocycles. The highest BCUT2D eigenvalue weighted by Gasteiger charge is 2.05. The lowest BCUT2D eigenvalue weighted by Gasteiger charge is -2.07. The number of nitrogen functional groups attached to an aromatic ring is 1. The normalized spacial score (nSPS) is 10.6. The van der Waals surface area contributed by atoms with E-state index < -0.39 is 0 Å². The summed E-state index contributed by atoms with van der Waals surface area (Å²) < 4.78 is 13.7. The Bertz CT molecular complexity index is 525. The molecule has 2 rings (SSSR count). The van der Waals surface area contributed by atoms with Gasteiger partial charge in [-0.3, -0.25) is 0 Å². The third kappa shape index (κ3) is 3.40. The van der Waals surface area contributed by atoms with E-state index in [2.05, 4.69) is 15.9 Å². The largest absolute Gasteiger partial charge is 0.399 e. The highest BCUT2D eigenvalue weighted by atomic mass is 79.9. The number of hydrogen-bond donors (Lipinski definition) is 1. The van der Waals surface area contributed by atoms with Crippen molar-refractivity contribution in [2.45, 2.75) is 10.6 Å². The molecule has 0 radical (unpaired) electrons. The van der Waals surface area contributed by atoms with Crippen LogP contribution in [0.25, 0.3) is 0 Å². The van der Waals surface area contributed by atoms with E-state index >= 15 is 0 Å². The maximum absolute atomic E-state index is 12.9. The zero-order chi connectivity index (χ0) is 13.1. The first-order chi connectivity index (χ1) is 8.56. The van der Waals surface area contributed by atoms with E-state index in [1.165, 1.54) is 12.1 Å². The van der Waals surface area contributed by atoms with E-state index in [-0.39, 0.29) is 5.82 Å². The van der Waals surface area contributed by atoms with Crippen LogP contribution in [0.3, 0.4) is 0 Å². The van der Waals surface area contributed by atoms with Gasteiger partial charge in [0.2, 0.25) is 0 Å². The summed E-state index contributed by atoms with van der Waals surface area (Å²) in [5.41, 5.74) is 7.30. The van der Waals surface area contributed by atoms with Gasteiger partial charge in [-0.25, -0.2) is 4.39 Å². The minimum Gasteiger partial charge on any atom is -0.399 e. The molecule has 0 heterocycles. The Kier molecular flexibility index (Phi) is 4.54. The summed E-state index contributed by atoms with van der Waals surface area (Å²) in [6, 6.07) is 10.1. The lowest BCUT2D eigenvalue weighted by atomic mass is 10.2. The Morgan fingerprint density at radius 2 is 2.00 bits per heavy atom. The van der Waals surface area contributed by atoms with Gasteiger partial charge in [0.1, 0.15) is 5.82 Å². The highest BCUT2D eigenvalue weighted by molar-refractivity contribution is 9.10. The van der Waals surface area contributed by atoms with Gasteiger partial charge in [-0.2, -0.15) is 0 Å². The number of benzene rings is 2. The smallest absolute Gasteiger partial charge is 0.124 e. The zero-order valence-electron chi connectivity index (χ0n) is 9.29. The standard InChI is InChI=1S/C13H10BrClFNS/c14-11-5-9(16)2-1-8(11)7-18-13-4-3-10(17)6-12(13)15/h1-6H,7,17H2. The Morgan fingerprint density at radius 1 is 1.22 bits per heavy atom. The summed E-state index contributed by atoms with van der Waals surface area (Å²) in [6.45, 7) is 0. The van der Waals surface area contributed by atoms with Crippen LogP contribution in [0, 0.1) is 5.82 Å². The van der Waals surface area contributed by atoms with Crippen LogP contribution < -0.4 is 5.73 Å². The molecule has 94 valence electrons. The van der Waals surface area contributed by atoms with Crippen molar-refractivity contribution in [3.8, 4) is 0 Å². The number of thioether (sulfide) groups is 1. The predicted octanol–water partition coefficient (Wildman–Crippen LogP) is 5.12. The molecule has 0 aliphatic rings. The molecule has 0 unspecified atom stereocenters. The fourth-order valence-electron chi connectivity index (χ4n) is 1.43. The van der Waals surface area contributed by atoms with E-state index in [1.54, 1.807) is 23.9 Å². The van der Waals surface area contributed by atoms with Crippen molar-refractivity contribution in [3.05, 3.63) is 57.3 Å². The molecule has 1 nitrogen and oxygen atoms in total. The average molecular weight is 347 g/mol. The molecule has 2 aromatic rings. The molecule has 2 N–H and O–H groups in total. The number of nitrogens with two attached hydrogens (primary N) is 1. The molecular weight excluding hydrogens is 337 g/mol. The first-order valence-corrected chi connectivity index (χ1v) is 7.33. The van der Waals surface area contributed by atoms with Crippen molar-refractivity contribution >= 4 is 45.0 Å². The minimum absolute atomic E-state index is 0.249. The molecule has 0 aliphatic heterocycles. The van der Waals surface area contributed by atoms with Gasteiger partial charge in [0, 0.05) is 20.8 Å². The first-order valence-electron chi connectivity index (χ1n) is 5.18. The van der Waals surface area contributed by atoms with Crippen molar-refractivity contribution in [3.63, 3.8) is 0 Å². The molecule has 0 atom stereocenters. The average Bonchev–Trinajstić information content (AvgIpc) is 2.30. The van der Waals surface area contributed by atoms with Crippen LogP contribution in [0.2, 0.25) is 5.02 Å². The van der Waals surface area contributed by atoms with E-state index in [9.17, 15) is 4.39 Å². The second kappa shape index (κ2) is 5.95. The Hall–Kier alpha value is -0.710. The molecule has 0 spiro atoms. The molecule has 0 aliphatic carbocycles. The van der Waals surface area contributed by atoms with Gasteiger partial charge in [-0.15, -0.1) is 11.8 Å². The molecule has 0 saturated carbocycles. The Labute approximate surface area is 123 Å². The summed E-state index contributed by atoms with van der Waals surface area (Å²) in [5.74, 6) is 0.464. The molecular formula is C13H10BrClFNS. The fourth-order valence-corrected chi connectivity index (χ4v) is 3.38. The zero-order valence-corrected chi connectivity index (χ0v) is 12.4. The van der Waals surface area contributed by atoms with Crippen LogP contribution in [0.15, 0.2) is 45.8 Å². The summed E-state index contributed by atoms with van der Waals surface area (Å²) in [5, 5.41) is 0.637. The van der Waals surface area contributed by atoms with Crippen molar-refractivity contribution in [2.24, 2.45) is 0 Å². The summed E-state index contributed by atoms with van der Waals surface area (Å²) in [4.78, 5) is 0.960. The third-order valence-electron chi connectivity index (χ3n) is 2.35. The van der Waals surface area contributed by atoms with Crippen LogP contribution in [0.4, 0.5) is 10.1 Å². The Balaban J connectivity index is 2.11. The number of rotatable bonds is 3. The van der Waals surface area contributed by atoms with Crippen molar-refractivity contribution < 1.29 is 4.39 Å². The van der Waals surface area contributed by atoms with E-state index in [0.29, 0.717) is 16.5 Å². The van der Waals surface area contributed by atoms with Crippen molar-refractivity contribution in [1.82, 2.24) is 0 Å². The molecule has 0 saturated heterocycles. The maximum atomic E-state index is 12.9. The van der Waals surface area contributed by atoms with Crippen LogP contribution in [-0.2, 0) is 5.75 Å². The minimum atomic E-state index is -0.249. The van der Waals surface area contributed by atoms with Crippen LogP contribution in [0.5, 0.6) is 0 Å². The van der Waals surface area contributed by atoms with Gasteiger partial charge in [-0.1, -0.05) is 33.6 Å². The summed E-state index contributed by atoms with van der Waals surface area (Å²) in [7, 11) is 0. The summed E-state index contributed by atoms with van der Waals surface area (Å²) >= 11 is 11.0. The van der Waals surface area contributed by atoms with Crippen LogP contribution >= 0.6 is 39.3 Å². The number of halogens is 3. The molecule has 0 fully saturated rings. The van der Waals surface area contributed by atoms with Gasteiger partial charge >= 0.3 is 0 Å². The monoisotopic (exact) mass is 345 g/mol. The lowest BCUT2D eigenvalue weighted by molar-refractivity contribution is 0.626. The fraction of sp³-hybridized carbons (Fsp3) is 0.0769. The van der Waals surface area contributed by atoms with E-state index in [1.807, 2.05) is 12.1 Å². The Morgan fingerprint density at radius 3 is 2.67 bits per heavy atom. The van der Waals surface area contributed by atoms with Crippen LogP contribution in [0.1, 0.15) is 5.56 Å². The number of hydrogen-bond acceptors (Lipinski definition) is 2. The SMILES string of the molecule is Nc1ccc(SCc2ccc(F)cc2Br)c(Cl)c1. The maximum Gasteiger partial charge on any atom is 0.124 e. The van der Waals surface area contributed by atoms with Gasteiger partial charge in [0.05, 0.1) is 5.02 Å². The molecule has 0 aromatic heterocycles. The topological polar surface area (TPSA) is 26.0 Å². The van der Waals surface area contributed by atoms with Gasteiger partial charge in [-0.05, 0) is 35.9 Å². The van der Waals surface area contributed by atoms with E-state index in [4.69, 9.17) is 17.3 Å². The van der Waals surface area contributed by atoms with Gasteiger partial charge in [0.15, 0.2) is 0 Å². The molecule has 18 heavy (non-hydrogen) atoms. The van der Waals surface area contributed by atoms with Gasteiger partial charge in [0.25, 0.3) is 0 Å². The number of anilines is 1. The molecule has 0 amide bonds. The lowest BCUT2D eigenvalue weighted by Crippen LogP contribution is -1.87. The predicted molar refractivity (Wildman–Crippen MR) is 79.5 cm³/mol. The van der Waals surface area contributed by atoms with E-state index in [0.717, 1.165) is 14.9 Å². The quantitative estimate of drug-likeness (QED) is 0.617. The highest BCUT2D eigenvalue weighted by Crippen LogP contribution is 2.32. The van der Waals surface area contributed by atoms with Gasteiger partial charge < -0.3 is 5.73 Å². The van der Waals surface area contributed by atoms with Crippen molar-refractivity contribution in [2.75, 3.05) is 5.73 Å². The third-order valence-corrected chi connectivity index (χ3v) is 4.64. The van der Waals surface area contributed by atoms with Crippen molar-refractivity contribution in [1.29, 1.82) is 0 Å². The molecule has 0 bridgehead atoms. The van der Waals surface area contributed by atoms with Crippen LogP contribution in [-0.4, -0.2) is 0 Å². The summed E-state index contributed by atoms with van der Waals surface area (Å²) in [6.07, 6.45) is 0. The molecule has 5 heteroatoms. The second-order valence-corrected chi connectivity index (χ2v) is 5.99. The first kappa shape index (κ1) is 13.7.